The molecular formula is C15H28N4O2. The van der Waals surface area contributed by atoms with Crippen molar-refractivity contribution in [1.82, 2.24) is 14.7 Å². The van der Waals surface area contributed by atoms with Crippen molar-refractivity contribution >= 4 is 11.8 Å². The molecule has 0 spiro atoms. The standard InChI is InChI=1S/C15H28N4O2/c1-4-13(15(16)21)19-9-11(2)14(10-19)18-7-5-17(6-8-18)12(3)20/h11,13-14H,4-10H2,1-3H3,(H2,16,21)/t11-,13+,14-/m0/s1. The minimum Gasteiger partial charge on any atom is -0.368 e. The highest BCUT2D eigenvalue weighted by Gasteiger charge is 2.38. The van der Waals surface area contributed by atoms with Crippen molar-refractivity contribution in [3.63, 3.8) is 0 Å². The van der Waals surface area contributed by atoms with Gasteiger partial charge in [-0.25, -0.2) is 0 Å². The van der Waals surface area contributed by atoms with Gasteiger partial charge in [0, 0.05) is 52.2 Å². The van der Waals surface area contributed by atoms with Gasteiger partial charge >= 0.3 is 0 Å². The van der Waals surface area contributed by atoms with Crippen molar-refractivity contribution in [3.8, 4) is 0 Å². The molecular weight excluding hydrogens is 268 g/mol. The van der Waals surface area contributed by atoms with E-state index in [1.807, 2.05) is 11.8 Å². The fourth-order valence-corrected chi connectivity index (χ4v) is 3.72. The van der Waals surface area contributed by atoms with Crippen molar-refractivity contribution in [2.24, 2.45) is 11.7 Å². The molecule has 0 unspecified atom stereocenters. The summed E-state index contributed by atoms with van der Waals surface area (Å²) in [5, 5.41) is 0. The van der Waals surface area contributed by atoms with Crippen LogP contribution in [0.2, 0.25) is 0 Å². The number of nitrogens with zero attached hydrogens (tertiary/aromatic N) is 3. The van der Waals surface area contributed by atoms with E-state index in [-0.39, 0.29) is 17.9 Å². The summed E-state index contributed by atoms with van der Waals surface area (Å²) < 4.78 is 0. The molecule has 2 heterocycles. The molecule has 0 aromatic heterocycles. The number of hydrogen-bond donors (Lipinski definition) is 1. The van der Waals surface area contributed by atoms with E-state index in [9.17, 15) is 9.59 Å². The van der Waals surface area contributed by atoms with Gasteiger partial charge in [-0.05, 0) is 12.3 Å². The number of amides is 2. The summed E-state index contributed by atoms with van der Waals surface area (Å²) in [6.45, 7) is 11.2. The number of piperazine rings is 1. The van der Waals surface area contributed by atoms with Gasteiger partial charge in [0.25, 0.3) is 0 Å². The van der Waals surface area contributed by atoms with Crippen LogP contribution in [0.15, 0.2) is 0 Å². The van der Waals surface area contributed by atoms with Gasteiger partial charge in [0.15, 0.2) is 0 Å². The minimum atomic E-state index is -0.216. The van der Waals surface area contributed by atoms with Crippen LogP contribution in [0, 0.1) is 5.92 Å². The van der Waals surface area contributed by atoms with E-state index in [0.717, 1.165) is 45.7 Å². The summed E-state index contributed by atoms with van der Waals surface area (Å²) in [5.41, 5.74) is 5.51. The molecule has 2 amide bonds. The fraction of sp³-hybridized carbons (Fsp3) is 0.867. The van der Waals surface area contributed by atoms with Crippen molar-refractivity contribution < 1.29 is 9.59 Å². The fourth-order valence-electron chi connectivity index (χ4n) is 3.72. The third kappa shape index (κ3) is 3.55. The second-order valence-electron chi connectivity index (χ2n) is 6.37. The first-order valence-electron chi connectivity index (χ1n) is 7.97. The summed E-state index contributed by atoms with van der Waals surface area (Å²) in [5.74, 6) is 0.476. The second-order valence-corrected chi connectivity index (χ2v) is 6.37. The van der Waals surface area contributed by atoms with Gasteiger partial charge < -0.3 is 10.6 Å². The second kappa shape index (κ2) is 6.75. The molecule has 2 fully saturated rings. The number of carbonyl (C=O) groups is 2. The Balaban J connectivity index is 1.93. The van der Waals surface area contributed by atoms with Gasteiger partial charge in [0.2, 0.25) is 11.8 Å². The van der Waals surface area contributed by atoms with E-state index in [1.54, 1.807) is 6.92 Å². The molecule has 21 heavy (non-hydrogen) atoms. The lowest BCUT2D eigenvalue weighted by Gasteiger charge is -2.39. The molecule has 2 rings (SSSR count). The van der Waals surface area contributed by atoms with Gasteiger partial charge in [0.05, 0.1) is 6.04 Å². The molecule has 0 radical (unpaired) electrons. The number of primary amides is 1. The third-order valence-electron chi connectivity index (χ3n) is 4.99. The Kier molecular flexibility index (Phi) is 5.22. The molecule has 2 saturated heterocycles. The molecule has 0 bridgehead atoms. The molecule has 6 nitrogen and oxygen atoms in total. The van der Waals surface area contributed by atoms with Gasteiger partial charge in [0.1, 0.15) is 0 Å². The van der Waals surface area contributed by atoms with Crippen LogP contribution >= 0.6 is 0 Å². The average Bonchev–Trinajstić information content (AvgIpc) is 2.81. The van der Waals surface area contributed by atoms with Crippen LogP contribution < -0.4 is 5.73 Å². The maximum absolute atomic E-state index is 11.5. The van der Waals surface area contributed by atoms with E-state index in [2.05, 4.69) is 16.7 Å². The van der Waals surface area contributed by atoms with Gasteiger partial charge in [-0.3, -0.25) is 19.4 Å². The van der Waals surface area contributed by atoms with Crippen LogP contribution in [0.25, 0.3) is 0 Å². The van der Waals surface area contributed by atoms with Crippen molar-refractivity contribution in [1.29, 1.82) is 0 Å². The summed E-state index contributed by atoms with van der Waals surface area (Å²) in [4.78, 5) is 29.6. The number of rotatable bonds is 4. The first kappa shape index (κ1) is 16.2. The molecule has 120 valence electrons. The highest BCUT2D eigenvalue weighted by Crippen LogP contribution is 2.25. The van der Waals surface area contributed by atoms with Crippen molar-refractivity contribution in [2.45, 2.75) is 39.3 Å². The quantitative estimate of drug-likeness (QED) is 0.776. The lowest BCUT2D eigenvalue weighted by Crippen LogP contribution is -2.53. The predicted octanol–water partition coefficient (Wildman–Crippen LogP) is -0.265. The number of carbonyl (C=O) groups excluding carboxylic acids is 2. The molecule has 6 heteroatoms. The number of likely N-dealkylation sites (tertiary alicyclic amines) is 1. The van der Waals surface area contributed by atoms with E-state index < -0.39 is 0 Å². The average molecular weight is 296 g/mol. The summed E-state index contributed by atoms with van der Waals surface area (Å²) in [7, 11) is 0. The van der Waals surface area contributed by atoms with Crippen LogP contribution in [0.5, 0.6) is 0 Å². The lowest BCUT2D eigenvalue weighted by atomic mass is 10.0. The summed E-state index contributed by atoms with van der Waals surface area (Å²) in [6, 6.07) is 0.323. The zero-order valence-corrected chi connectivity index (χ0v) is 13.4. The van der Waals surface area contributed by atoms with Gasteiger partial charge in [-0.1, -0.05) is 13.8 Å². The molecule has 0 saturated carbocycles. The molecule has 2 N–H and O–H groups in total. The summed E-state index contributed by atoms with van der Waals surface area (Å²) >= 11 is 0. The van der Waals surface area contributed by atoms with Crippen molar-refractivity contribution in [2.75, 3.05) is 39.3 Å². The number of hydrogen-bond acceptors (Lipinski definition) is 4. The topological polar surface area (TPSA) is 69.9 Å². The molecule has 2 aliphatic heterocycles. The Bertz CT molecular complexity index is 393. The Morgan fingerprint density at radius 3 is 2.29 bits per heavy atom. The molecule has 3 atom stereocenters. The lowest BCUT2D eigenvalue weighted by molar-refractivity contribution is -0.131. The zero-order valence-electron chi connectivity index (χ0n) is 13.4. The minimum absolute atomic E-state index is 0.143. The number of nitrogens with two attached hydrogens (primary N) is 1. The van der Waals surface area contributed by atoms with Gasteiger partial charge in [-0.2, -0.15) is 0 Å². The van der Waals surface area contributed by atoms with Gasteiger partial charge in [-0.15, -0.1) is 0 Å². The van der Waals surface area contributed by atoms with E-state index >= 15 is 0 Å². The monoisotopic (exact) mass is 296 g/mol. The molecule has 0 aromatic carbocycles. The predicted molar refractivity (Wildman–Crippen MR) is 81.6 cm³/mol. The van der Waals surface area contributed by atoms with E-state index in [0.29, 0.717) is 12.0 Å². The summed E-state index contributed by atoms with van der Waals surface area (Å²) in [6.07, 6.45) is 0.771. The Labute approximate surface area is 127 Å². The highest BCUT2D eigenvalue weighted by atomic mass is 16.2. The van der Waals surface area contributed by atoms with E-state index in [4.69, 9.17) is 5.73 Å². The molecule has 2 aliphatic rings. The van der Waals surface area contributed by atoms with Crippen LogP contribution in [0.3, 0.4) is 0 Å². The van der Waals surface area contributed by atoms with Crippen LogP contribution in [0.1, 0.15) is 27.2 Å². The highest BCUT2D eigenvalue weighted by molar-refractivity contribution is 5.79. The molecule has 0 aliphatic carbocycles. The first-order valence-corrected chi connectivity index (χ1v) is 7.97. The largest absolute Gasteiger partial charge is 0.368 e. The normalized spacial score (nSPS) is 29.6. The maximum atomic E-state index is 11.5. The van der Waals surface area contributed by atoms with Crippen molar-refractivity contribution in [3.05, 3.63) is 0 Å². The maximum Gasteiger partial charge on any atom is 0.234 e. The smallest absolute Gasteiger partial charge is 0.234 e. The van der Waals surface area contributed by atoms with Crippen LogP contribution in [-0.2, 0) is 9.59 Å². The molecule has 0 aromatic rings. The Hall–Kier alpha value is -1.14. The Morgan fingerprint density at radius 1 is 1.19 bits per heavy atom. The van der Waals surface area contributed by atoms with Crippen LogP contribution in [-0.4, -0.2) is 77.9 Å². The third-order valence-corrected chi connectivity index (χ3v) is 4.99. The van der Waals surface area contributed by atoms with Crippen LogP contribution in [0.4, 0.5) is 0 Å². The first-order chi connectivity index (χ1) is 9.93. The zero-order chi connectivity index (χ0) is 15.6. The van der Waals surface area contributed by atoms with E-state index in [1.165, 1.54) is 0 Å². The SMILES string of the molecule is CC[C@H](C(N)=O)N1C[C@H](C)[C@@H](N2CCN(C(C)=O)CC2)C1. The Morgan fingerprint density at radius 2 is 1.81 bits per heavy atom.